The van der Waals surface area contributed by atoms with Crippen molar-refractivity contribution in [1.29, 1.82) is 0 Å². The number of hydrogen-bond acceptors (Lipinski definition) is 4. The monoisotopic (exact) mass is 472 g/mol. The summed E-state index contributed by atoms with van der Waals surface area (Å²) in [5.41, 5.74) is 1.44. The highest BCUT2D eigenvalue weighted by atomic mass is 32.2. The van der Waals surface area contributed by atoms with Crippen molar-refractivity contribution >= 4 is 15.9 Å². The molecule has 4 atom stereocenters. The lowest BCUT2D eigenvalue weighted by molar-refractivity contribution is 0.0849. The number of sulfonamides is 1. The van der Waals surface area contributed by atoms with Gasteiger partial charge in [-0.2, -0.15) is 4.31 Å². The van der Waals surface area contributed by atoms with Crippen molar-refractivity contribution in [3.63, 3.8) is 0 Å². The minimum atomic E-state index is -3.27. The first-order chi connectivity index (χ1) is 15.8. The second kappa shape index (κ2) is 11.8. The van der Waals surface area contributed by atoms with Crippen LogP contribution in [0.4, 0.5) is 0 Å². The quantitative estimate of drug-likeness (QED) is 0.701. The zero-order valence-electron chi connectivity index (χ0n) is 19.6. The first-order valence-corrected chi connectivity index (χ1v) is 13.4. The maximum absolute atomic E-state index is 12.6. The van der Waals surface area contributed by atoms with Gasteiger partial charge in [0.25, 0.3) is 5.91 Å². The lowest BCUT2D eigenvalue weighted by atomic mass is 9.93. The van der Waals surface area contributed by atoms with Crippen LogP contribution < -0.4 is 5.32 Å². The molecule has 2 aromatic rings. The lowest BCUT2D eigenvalue weighted by Crippen LogP contribution is -2.47. The molecule has 6 nitrogen and oxygen atoms in total. The summed E-state index contributed by atoms with van der Waals surface area (Å²) >= 11 is 0. The average Bonchev–Trinajstić information content (AvgIpc) is 2.81. The van der Waals surface area contributed by atoms with Gasteiger partial charge >= 0.3 is 0 Å². The van der Waals surface area contributed by atoms with E-state index in [0.29, 0.717) is 24.9 Å². The molecule has 180 valence electrons. The highest BCUT2D eigenvalue weighted by Gasteiger charge is 2.36. The second-order valence-electron chi connectivity index (χ2n) is 9.17. The fourth-order valence-corrected chi connectivity index (χ4v) is 6.22. The molecule has 0 spiro atoms. The van der Waals surface area contributed by atoms with Crippen molar-refractivity contribution in [2.75, 3.05) is 0 Å². The topological polar surface area (TPSA) is 86.7 Å². The van der Waals surface area contributed by atoms with E-state index < -0.39 is 10.0 Å². The largest absolute Gasteiger partial charge is 0.393 e. The summed E-state index contributed by atoms with van der Waals surface area (Å²) in [7, 11) is -3.27. The summed E-state index contributed by atoms with van der Waals surface area (Å²) in [6.45, 7) is 4.05. The van der Waals surface area contributed by atoms with Gasteiger partial charge in [0.2, 0.25) is 10.0 Å². The predicted octanol–water partition coefficient (Wildman–Crippen LogP) is 4.11. The van der Waals surface area contributed by atoms with E-state index in [4.69, 9.17) is 0 Å². The van der Waals surface area contributed by atoms with Crippen molar-refractivity contribution in [3.05, 3.63) is 71.8 Å². The molecule has 2 fully saturated rings. The Morgan fingerprint density at radius 1 is 0.970 bits per heavy atom. The molecule has 2 aliphatic rings. The molecular formula is C26H36N2O4S. The van der Waals surface area contributed by atoms with Gasteiger partial charge in [0.05, 0.1) is 11.4 Å². The van der Waals surface area contributed by atoms with Gasteiger partial charge in [-0.3, -0.25) is 4.79 Å². The number of hydrogen-bond donors (Lipinski definition) is 2. The summed E-state index contributed by atoms with van der Waals surface area (Å²) in [4.78, 5) is 12.4. The minimum absolute atomic E-state index is 0.00750. The van der Waals surface area contributed by atoms with Crippen LogP contribution >= 0.6 is 0 Å². The standard InChI is InChI=1S/C20H30N2O4S.C6H6/c1-14-6-7-15(2)27(25,26)22(14)13-16-8-10-17(11-9-16)20(24)21-18-4-3-5-19(23)12-18;1-2-4-6-5-3-1/h8-11,14-15,18-19,23H,3-7,12-13H2,1-2H3,(H,21,24);1-6H/t14-,15?,18?,19?;/m0./s1. The Kier molecular flexibility index (Phi) is 9.06. The summed E-state index contributed by atoms with van der Waals surface area (Å²) in [6, 6.07) is 19.1. The van der Waals surface area contributed by atoms with Gasteiger partial charge in [-0.1, -0.05) is 48.5 Å². The number of carbonyl (C=O) groups is 1. The Bertz CT molecular complexity index is 952. The van der Waals surface area contributed by atoms with E-state index in [1.807, 2.05) is 55.5 Å². The number of nitrogens with zero attached hydrogens (tertiary/aromatic N) is 1. The smallest absolute Gasteiger partial charge is 0.251 e. The van der Waals surface area contributed by atoms with Crippen molar-refractivity contribution in [1.82, 2.24) is 9.62 Å². The highest BCUT2D eigenvalue weighted by Crippen LogP contribution is 2.28. The summed E-state index contributed by atoms with van der Waals surface area (Å²) in [6.07, 6.45) is 4.46. The van der Waals surface area contributed by atoms with Crippen LogP contribution in [0.25, 0.3) is 0 Å². The maximum atomic E-state index is 12.6. The van der Waals surface area contributed by atoms with Gasteiger partial charge < -0.3 is 10.4 Å². The first-order valence-electron chi connectivity index (χ1n) is 11.9. The van der Waals surface area contributed by atoms with E-state index in [1.54, 1.807) is 23.4 Å². The van der Waals surface area contributed by atoms with Crippen LogP contribution in [0.15, 0.2) is 60.7 Å². The number of amides is 1. The number of benzene rings is 2. The van der Waals surface area contributed by atoms with E-state index in [2.05, 4.69) is 5.32 Å². The van der Waals surface area contributed by atoms with Gasteiger partial charge in [0.1, 0.15) is 0 Å². The molecule has 0 aromatic heterocycles. The molecule has 1 aliphatic carbocycles. The fourth-order valence-electron chi connectivity index (χ4n) is 4.39. The third-order valence-electron chi connectivity index (χ3n) is 6.52. The van der Waals surface area contributed by atoms with Crippen LogP contribution in [0.1, 0.15) is 68.3 Å². The number of nitrogens with one attached hydrogen (secondary N) is 1. The third-order valence-corrected chi connectivity index (χ3v) is 8.92. The van der Waals surface area contributed by atoms with Gasteiger partial charge in [-0.25, -0.2) is 8.42 Å². The molecule has 1 aliphatic heterocycles. The molecule has 7 heteroatoms. The summed E-state index contributed by atoms with van der Waals surface area (Å²) in [5, 5.41) is 12.4. The van der Waals surface area contributed by atoms with Crippen LogP contribution in [-0.4, -0.2) is 47.2 Å². The summed E-state index contributed by atoms with van der Waals surface area (Å²) < 4.78 is 26.8. The molecule has 33 heavy (non-hydrogen) atoms. The van der Waals surface area contributed by atoms with Crippen molar-refractivity contribution in [2.45, 2.75) is 82.4 Å². The number of carbonyl (C=O) groups excluding carboxylic acids is 1. The number of aliphatic hydroxyl groups excluding tert-OH is 1. The zero-order valence-corrected chi connectivity index (χ0v) is 20.4. The molecule has 1 saturated carbocycles. The maximum Gasteiger partial charge on any atom is 0.251 e. The van der Waals surface area contributed by atoms with E-state index >= 15 is 0 Å². The fraction of sp³-hybridized carbons (Fsp3) is 0.500. The molecule has 1 saturated heterocycles. The Hall–Kier alpha value is -2.22. The van der Waals surface area contributed by atoms with Crippen LogP contribution in [0.3, 0.4) is 0 Å². The number of aliphatic hydroxyl groups is 1. The van der Waals surface area contributed by atoms with Crippen molar-refractivity contribution in [3.8, 4) is 0 Å². The Morgan fingerprint density at radius 3 is 2.15 bits per heavy atom. The molecule has 4 rings (SSSR count). The average molecular weight is 473 g/mol. The van der Waals surface area contributed by atoms with Crippen LogP contribution in [-0.2, 0) is 16.6 Å². The SMILES string of the molecule is CC1CC[C@H](C)N(Cc2ccc(C(=O)NC3CCCC(O)C3)cc2)S1(=O)=O.c1ccccc1. The van der Waals surface area contributed by atoms with E-state index in [-0.39, 0.29) is 29.3 Å². The Balaban J connectivity index is 0.000000442. The van der Waals surface area contributed by atoms with Gasteiger partial charge in [0, 0.05) is 24.2 Å². The molecule has 2 N–H and O–H groups in total. The van der Waals surface area contributed by atoms with Crippen LogP contribution in [0.2, 0.25) is 0 Å². The second-order valence-corrected chi connectivity index (χ2v) is 11.5. The van der Waals surface area contributed by atoms with Crippen molar-refractivity contribution in [2.24, 2.45) is 0 Å². The molecule has 1 amide bonds. The normalized spacial score (nSPS) is 27.1. The van der Waals surface area contributed by atoms with Gasteiger partial charge in [0.15, 0.2) is 0 Å². The van der Waals surface area contributed by atoms with E-state index in [9.17, 15) is 18.3 Å². The number of rotatable bonds is 4. The van der Waals surface area contributed by atoms with Crippen molar-refractivity contribution < 1.29 is 18.3 Å². The minimum Gasteiger partial charge on any atom is -0.393 e. The Morgan fingerprint density at radius 2 is 1.58 bits per heavy atom. The summed E-state index contributed by atoms with van der Waals surface area (Å²) in [5.74, 6) is -0.145. The van der Waals surface area contributed by atoms with Crippen LogP contribution in [0, 0.1) is 0 Å². The first kappa shape index (κ1) is 25.4. The highest BCUT2D eigenvalue weighted by molar-refractivity contribution is 7.89. The Labute approximate surface area is 198 Å². The van der Waals surface area contributed by atoms with Gasteiger partial charge in [-0.05, 0) is 70.1 Å². The molecular weight excluding hydrogens is 436 g/mol. The molecule has 0 bridgehead atoms. The molecule has 3 unspecified atom stereocenters. The van der Waals surface area contributed by atoms with Gasteiger partial charge in [-0.15, -0.1) is 0 Å². The lowest BCUT2D eigenvalue weighted by Gasteiger charge is -2.36. The molecule has 0 radical (unpaired) electrons. The predicted molar refractivity (Wildman–Crippen MR) is 131 cm³/mol. The van der Waals surface area contributed by atoms with E-state index in [0.717, 1.165) is 31.2 Å². The molecule has 2 aromatic carbocycles. The third kappa shape index (κ3) is 7.13. The van der Waals surface area contributed by atoms with E-state index in [1.165, 1.54) is 0 Å². The zero-order chi connectivity index (χ0) is 23.8. The molecule has 1 heterocycles. The van der Waals surface area contributed by atoms with Crippen LogP contribution in [0.5, 0.6) is 0 Å².